The molecule has 0 atom stereocenters. The van der Waals surface area contributed by atoms with Gasteiger partial charge in [0.15, 0.2) is 0 Å². The Morgan fingerprint density at radius 1 is 1.16 bits per heavy atom. The van der Waals surface area contributed by atoms with Crippen molar-refractivity contribution in [1.29, 1.82) is 0 Å². The van der Waals surface area contributed by atoms with Crippen LogP contribution in [0.25, 0.3) is 0 Å². The fourth-order valence-electron chi connectivity index (χ4n) is 2.24. The smallest absolute Gasteiger partial charge is 0.120 e. The minimum absolute atomic E-state index is 0.689. The first-order valence-corrected chi connectivity index (χ1v) is 6.93. The van der Waals surface area contributed by atoms with Gasteiger partial charge in [0.25, 0.3) is 0 Å². The van der Waals surface area contributed by atoms with Crippen LogP contribution in [0.2, 0.25) is 0 Å². The van der Waals surface area contributed by atoms with Crippen LogP contribution >= 0.6 is 0 Å². The minimum atomic E-state index is 0.689. The lowest BCUT2D eigenvalue weighted by Crippen LogP contribution is -2.15. The van der Waals surface area contributed by atoms with Crippen molar-refractivity contribution in [2.24, 2.45) is 5.92 Å². The van der Waals surface area contributed by atoms with E-state index in [-0.39, 0.29) is 0 Å². The van der Waals surface area contributed by atoms with E-state index < -0.39 is 0 Å². The fraction of sp³-hybridized carbons (Fsp3) is 0.438. The molecule has 0 saturated heterocycles. The maximum Gasteiger partial charge on any atom is 0.120 e. The number of nitrogens with zero attached hydrogens (tertiary/aromatic N) is 1. The molecule has 2 aromatic rings. The molecule has 0 spiro atoms. The third-order valence-electron chi connectivity index (χ3n) is 3.11. The lowest BCUT2D eigenvalue weighted by Gasteiger charge is -2.12. The Labute approximate surface area is 115 Å². The molecule has 0 bridgehead atoms. The molecule has 0 aliphatic carbocycles. The van der Waals surface area contributed by atoms with Gasteiger partial charge in [-0.3, -0.25) is 0 Å². The zero-order valence-electron chi connectivity index (χ0n) is 12.0. The topological polar surface area (TPSA) is 40.7 Å². The molecule has 1 aromatic carbocycles. The molecular formula is C16H23N3. The molecule has 0 fully saturated rings. The number of benzene rings is 1. The average Bonchev–Trinajstić information content (AvgIpc) is 2.77. The lowest BCUT2D eigenvalue weighted by atomic mass is 9.98. The van der Waals surface area contributed by atoms with E-state index in [1.54, 1.807) is 0 Å². The van der Waals surface area contributed by atoms with Gasteiger partial charge in [0, 0.05) is 18.4 Å². The second-order valence-electron chi connectivity index (χ2n) is 5.48. The van der Waals surface area contributed by atoms with Crippen molar-refractivity contribution in [2.45, 2.75) is 40.3 Å². The maximum atomic E-state index is 4.30. The summed E-state index contributed by atoms with van der Waals surface area (Å²) >= 11 is 0. The predicted octanol–water partition coefficient (Wildman–Crippen LogP) is 3.21. The zero-order valence-corrected chi connectivity index (χ0v) is 12.0. The van der Waals surface area contributed by atoms with E-state index in [0.717, 1.165) is 31.0 Å². The van der Waals surface area contributed by atoms with Crippen LogP contribution in [0.3, 0.4) is 0 Å². The second-order valence-corrected chi connectivity index (χ2v) is 5.48. The SMILES string of the molecule is Cc1cnc(CNCc2ccccc2CC(C)C)[nH]1. The van der Waals surface area contributed by atoms with Crippen molar-refractivity contribution < 1.29 is 0 Å². The van der Waals surface area contributed by atoms with Crippen molar-refractivity contribution in [3.8, 4) is 0 Å². The number of H-pyrrole nitrogens is 1. The minimum Gasteiger partial charge on any atom is -0.345 e. The summed E-state index contributed by atoms with van der Waals surface area (Å²) < 4.78 is 0. The molecule has 0 radical (unpaired) electrons. The highest BCUT2D eigenvalue weighted by molar-refractivity contribution is 5.27. The number of rotatable bonds is 6. The van der Waals surface area contributed by atoms with Crippen molar-refractivity contribution >= 4 is 0 Å². The van der Waals surface area contributed by atoms with E-state index in [4.69, 9.17) is 0 Å². The molecule has 0 aliphatic rings. The van der Waals surface area contributed by atoms with Crippen molar-refractivity contribution in [3.63, 3.8) is 0 Å². The average molecular weight is 257 g/mol. The summed E-state index contributed by atoms with van der Waals surface area (Å²) in [7, 11) is 0. The predicted molar refractivity (Wildman–Crippen MR) is 78.9 cm³/mol. The van der Waals surface area contributed by atoms with E-state index in [0.29, 0.717) is 5.92 Å². The van der Waals surface area contributed by atoms with Crippen LogP contribution in [0.4, 0.5) is 0 Å². The van der Waals surface area contributed by atoms with E-state index in [2.05, 4.69) is 53.4 Å². The molecule has 0 aliphatic heterocycles. The Morgan fingerprint density at radius 3 is 2.53 bits per heavy atom. The molecule has 3 heteroatoms. The van der Waals surface area contributed by atoms with Crippen LogP contribution in [0.1, 0.15) is 36.5 Å². The highest BCUT2D eigenvalue weighted by atomic mass is 15.0. The number of nitrogens with one attached hydrogen (secondary N) is 2. The first-order chi connectivity index (χ1) is 9.15. The van der Waals surface area contributed by atoms with E-state index in [9.17, 15) is 0 Å². The van der Waals surface area contributed by atoms with E-state index in [1.165, 1.54) is 11.1 Å². The van der Waals surface area contributed by atoms with Gasteiger partial charge in [-0.1, -0.05) is 38.1 Å². The molecule has 102 valence electrons. The number of hydrogen-bond acceptors (Lipinski definition) is 2. The largest absolute Gasteiger partial charge is 0.345 e. The number of aryl methyl sites for hydroxylation is 1. The maximum absolute atomic E-state index is 4.30. The van der Waals surface area contributed by atoms with Gasteiger partial charge < -0.3 is 10.3 Å². The number of aromatic amines is 1. The normalized spacial score (nSPS) is 11.2. The van der Waals surface area contributed by atoms with Gasteiger partial charge in [-0.15, -0.1) is 0 Å². The van der Waals surface area contributed by atoms with Gasteiger partial charge in [-0.05, 0) is 30.4 Å². The van der Waals surface area contributed by atoms with E-state index >= 15 is 0 Å². The van der Waals surface area contributed by atoms with Crippen LogP contribution in [-0.4, -0.2) is 9.97 Å². The summed E-state index contributed by atoms with van der Waals surface area (Å²) in [5.74, 6) is 1.69. The fourth-order valence-corrected chi connectivity index (χ4v) is 2.24. The van der Waals surface area contributed by atoms with Crippen LogP contribution in [-0.2, 0) is 19.5 Å². The van der Waals surface area contributed by atoms with Crippen LogP contribution < -0.4 is 5.32 Å². The van der Waals surface area contributed by atoms with Crippen LogP contribution in [0.5, 0.6) is 0 Å². The second kappa shape index (κ2) is 6.53. The molecule has 0 saturated carbocycles. The molecular weight excluding hydrogens is 234 g/mol. The summed E-state index contributed by atoms with van der Waals surface area (Å²) in [6.07, 6.45) is 3.00. The standard InChI is InChI=1S/C16H23N3/c1-12(2)8-14-6-4-5-7-15(14)10-17-11-16-18-9-13(3)19-16/h4-7,9,12,17H,8,10-11H2,1-3H3,(H,18,19). The molecule has 2 N–H and O–H groups in total. The Morgan fingerprint density at radius 2 is 1.89 bits per heavy atom. The Hall–Kier alpha value is -1.61. The molecule has 0 unspecified atom stereocenters. The number of imidazole rings is 1. The summed E-state index contributed by atoms with van der Waals surface area (Å²) in [6.45, 7) is 8.21. The first-order valence-electron chi connectivity index (χ1n) is 6.93. The molecule has 2 rings (SSSR count). The van der Waals surface area contributed by atoms with Gasteiger partial charge in [-0.25, -0.2) is 4.98 Å². The van der Waals surface area contributed by atoms with Crippen molar-refractivity contribution in [1.82, 2.24) is 15.3 Å². The van der Waals surface area contributed by atoms with Gasteiger partial charge in [0.05, 0.1) is 6.54 Å². The zero-order chi connectivity index (χ0) is 13.7. The van der Waals surface area contributed by atoms with E-state index in [1.807, 2.05) is 13.1 Å². The summed E-state index contributed by atoms with van der Waals surface area (Å²) in [6, 6.07) is 8.67. The first kappa shape index (κ1) is 13.8. The third kappa shape index (κ3) is 4.21. The Balaban J connectivity index is 1.92. The monoisotopic (exact) mass is 257 g/mol. The van der Waals surface area contributed by atoms with Crippen molar-refractivity contribution in [3.05, 3.63) is 53.1 Å². The quantitative estimate of drug-likeness (QED) is 0.834. The number of aromatic nitrogens is 2. The molecule has 1 aromatic heterocycles. The highest BCUT2D eigenvalue weighted by Crippen LogP contribution is 2.13. The summed E-state index contributed by atoms with van der Waals surface area (Å²) in [5.41, 5.74) is 3.94. The van der Waals surface area contributed by atoms with Crippen molar-refractivity contribution in [2.75, 3.05) is 0 Å². The molecule has 1 heterocycles. The Kier molecular flexibility index (Phi) is 4.74. The summed E-state index contributed by atoms with van der Waals surface area (Å²) in [4.78, 5) is 7.54. The lowest BCUT2D eigenvalue weighted by molar-refractivity contribution is 0.626. The molecule has 19 heavy (non-hydrogen) atoms. The van der Waals surface area contributed by atoms with Crippen LogP contribution in [0.15, 0.2) is 30.5 Å². The molecule has 0 amide bonds. The van der Waals surface area contributed by atoms with Gasteiger partial charge in [-0.2, -0.15) is 0 Å². The highest BCUT2D eigenvalue weighted by Gasteiger charge is 2.04. The van der Waals surface area contributed by atoms with Gasteiger partial charge in [0.2, 0.25) is 0 Å². The summed E-state index contributed by atoms with van der Waals surface area (Å²) in [5, 5.41) is 3.45. The molecule has 3 nitrogen and oxygen atoms in total. The third-order valence-corrected chi connectivity index (χ3v) is 3.11. The Bertz CT molecular complexity index is 514. The van der Waals surface area contributed by atoms with Gasteiger partial charge >= 0.3 is 0 Å². The number of hydrogen-bond donors (Lipinski definition) is 2. The van der Waals surface area contributed by atoms with Gasteiger partial charge in [0.1, 0.15) is 5.82 Å². The van der Waals surface area contributed by atoms with Crippen LogP contribution in [0, 0.1) is 12.8 Å².